The molecular weight excluding hydrogens is 344 g/mol. The van der Waals surface area contributed by atoms with E-state index in [1.807, 2.05) is 17.0 Å². The largest absolute Gasteiger partial charge is 0.381 e. The van der Waals surface area contributed by atoms with Gasteiger partial charge in [0.1, 0.15) is 5.52 Å². The Labute approximate surface area is 158 Å². The molecule has 0 spiro atoms. The number of hydrogen-bond donors (Lipinski definition) is 0. The maximum Gasteiger partial charge on any atom is 0.277 e. The molecule has 27 heavy (non-hydrogen) atoms. The van der Waals surface area contributed by atoms with Gasteiger partial charge < -0.3 is 9.64 Å². The molecule has 2 aliphatic rings. The monoisotopic (exact) mass is 370 g/mol. The van der Waals surface area contributed by atoms with Crippen molar-refractivity contribution < 1.29 is 9.53 Å². The van der Waals surface area contributed by atoms with Crippen LogP contribution in [0.15, 0.2) is 29.1 Å². The lowest BCUT2D eigenvalue weighted by molar-refractivity contribution is -0.139. The maximum absolute atomic E-state index is 12.9. The molecule has 0 unspecified atom stereocenters. The maximum atomic E-state index is 12.9. The van der Waals surface area contributed by atoms with Crippen molar-refractivity contribution in [3.63, 3.8) is 0 Å². The molecule has 1 aliphatic heterocycles. The number of nitrogens with zero attached hydrogens (tertiary/aromatic N) is 4. The van der Waals surface area contributed by atoms with E-state index in [-0.39, 0.29) is 29.5 Å². The van der Waals surface area contributed by atoms with Crippen molar-refractivity contribution in [2.24, 2.45) is 5.92 Å². The van der Waals surface area contributed by atoms with Gasteiger partial charge in [-0.3, -0.25) is 9.59 Å². The Morgan fingerprint density at radius 1 is 1.15 bits per heavy atom. The molecule has 1 aliphatic carbocycles. The first-order valence-electron chi connectivity index (χ1n) is 9.83. The number of methoxy groups -OCH3 is 1. The molecule has 144 valence electrons. The van der Waals surface area contributed by atoms with Crippen LogP contribution in [0.3, 0.4) is 0 Å². The van der Waals surface area contributed by atoms with E-state index in [9.17, 15) is 9.59 Å². The van der Waals surface area contributed by atoms with E-state index >= 15 is 0 Å². The molecule has 0 radical (unpaired) electrons. The van der Waals surface area contributed by atoms with E-state index in [0.29, 0.717) is 24.0 Å². The third-order valence-corrected chi connectivity index (χ3v) is 6.02. The number of carbonyl (C=O) groups excluding carboxylic acids is 1. The fourth-order valence-corrected chi connectivity index (χ4v) is 4.41. The molecular formula is C20H26N4O3. The second-order valence-corrected chi connectivity index (χ2v) is 7.63. The molecule has 7 heteroatoms. The molecule has 4 rings (SSSR count). The molecule has 2 aromatic rings. The van der Waals surface area contributed by atoms with Gasteiger partial charge in [-0.25, -0.2) is 4.68 Å². The highest BCUT2D eigenvalue weighted by molar-refractivity contribution is 5.79. The van der Waals surface area contributed by atoms with Gasteiger partial charge in [-0.2, -0.15) is 0 Å². The van der Waals surface area contributed by atoms with Crippen LogP contribution < -0.4 is 5.56 Å². The molecule has 1 saturated heterocycles. The van der Waals surface area contributed by atoms with Crippen LogP contribution in [0.4, 0.5) is 0 Å². The molecule has 2 atom stereocenters. The average molecular weight is 370 g/mol. The van der Waals surface area contributed by atoms with Gasteiger partial charge in [0, 0.05) is 26.1 Å². The standard InChI is InChI=1S/C20H26N4O3/c1-27-16-6-4-5-14(13-16)19(25)23-11-9-15(10-12-23)24-20(26)17-7-2-3-8-18(17)21-22-24/h2-3,7-8,14-16H,4-6,9-13H2,1H3/t14-,16+/m1/s1. The van der Waals surface area contributed by atoms with Crippen LogP contribution in [0.2, 0.25) is 0 Å². The third kappa shape index (κ3) is 3.60. The zero-order valence-corrected chi connectivity index (χ0v) is 15.7. The van der Waals surface area contributed by atoms with E-state index in [1.54, 1.807) is 19.2 Å². The van der Waals surface area contributed by atoms with Crippen molar-refractivity contribution in [1.29, 1.82) is 0 Å². The SMILES string of the molecule is CO[C@H]1CCC[C@@H](C(=O)N2CCC(n3nnc4ccccc4c3=O)CC2)C1. The minimum Gasteiger partial charge on any atom is -0.381 e. The van der Waals surface area contributed by atoms with Crippen LogP contribution in [0.5, 0.6) is 0 Å². The number of fused-ring (bicyclic) bond motifs is 1. The van der Waals surface area contributed by atoms with Gasteiger partial charge in [0.25, 0.3) is 5.56 Å². The van der Waals surface area contributed by atoms with Crippen molar-refractivity contribution in [3.8, 4) is 0 Å². The fourth-order valence-electron chi connectivity index (χ4n) is 4.41. The van der Waals surface area contributed by atoms with Crippen LogP contribution >= 0.6 is 0 Å². The van der Waals surface area contributed by atoms with Crippen LogP contribution in [-0.4, -0.2) is 52.1 Å². The van der Waals surface area contributed by atoms with E-state index in [4.69, 9.17) is 4.74 Å². The fraction of sp³-hybridized carbons (Fsp3) is 0.600. The minimum absolute atomic E-state index is 0.00302. The number of rotatable bonds is 3. The zero-order chi connectivity index (χ0) is 18.8. The van der Waals surface area contributed by atoms with Gasteiger partial charge in [0.05, 0.1) is 17.5 Å². The molecule has 0 N–H and O–H groups in total. The Morgan fingerprint density at radius 2 is 1.93 bits per heavy atom. The predicted octanol–water partition coefficient (Wildman–Crippen LogP) is 2.16. The summed E-state index contributed by atoms with van der Waals surface area (Å²) in [7, 11) is 1.73. The van der Waals surface area contributed by atoms with Crippen molar-refractivity contribution in [3.05, 3.63) is 34.6 Å². The van der Waals surface area contributed by atoms with Gasteiger partial charge in [0.15, 0.2) is 0 Å². The number of benzene rings is 1. The normalized spacial score (nSPS) is 24.3. The lowest BCUT2D eigenvalue weighted by Crippen LogP contribution is -2.45. The summed E-state index contributed by atoms with van der Waals surface area (Å²) < 4.78 is 6.96. The second kappa shape index (κ2) is 7.76. The Morgan fingerprint density at radius 3 is 2.70 bits per heavy atom. The number of piperidine rings is 1. The van der Waals surface area contributed by atoms with E-state index in [0.717, 1.165) is 38.5 Å². The summed E-state index contributed by atoms with van der Waals surface area (Å²) >= 11 is 0. The molecule has 7 nitrogen and oxygen atoms in total. The van der Waals surface area contributed by atoms with Gasteiger partial charge in [-0.15, -0.1) is 5.10 Å². The summed E-state index contributed by atoms with van der Waals surface area (Å²) in [6.45, 7) is 1.33. The summed E-state index contributed by atoms with van der Waals surface area (Å²) in [5.41, 5.74) is 0.525. The van der Waals surface area contributed by atoms with Gasteiger partial charge >= 0.3 is 0 Å². The van der Waals surface area contributed by atoms with Crippen molar-refractivity contribution in [1.82, 2.24) is 19.9 Å². The van der Waals surface area contributed by atoms with Crippen LogP contribution in [0, 0.1) is 5.92 Å². The third-order valence-electron chi connectivity index (χ3n) is 6.02. The van der Waals surface area contributed by atoms with Gasteiger partial charge in [-0.05, 0) is 44.2 Å². The van der Waals surface area contributed by atoms with E-state index in [1.165, 1.54) is 4.68 Å². The topological polar surface area (TPSA) is 77.3 Å². The highest BCUT2D eigenvalue weighted by Crippen LogP contribution is 2.29. The van der Waals surface area contributed by atoms with Gasteiger partial charge in [-0.1, -0.05) is 23.8 Å². The average Bonchev–Trinajstić information content (AvgIpc) is 2.74. The van der Waals surface area contributed by atoms with Crippen molar-refractivity contribution in [2.75, 3.05) is 20.2 Å². The lowest BCUT2D eigenvalue weighted by Gasteiger charge is -2.36. The molecule has 1 aromatic carbocycles. The van der Waals surface area contributed by atoms with Gasteiger partial charge in [0.2, 0.25) is 5.91 Å². The zero-order valence-electron chi connectivity index (χ0n) is 15.7. The summed E-state index contributed by atoms with van der Waals surface area (Å²) in [4.78, 5) is 27.6. The number of ether oxygens (including phenoxy) is 1. The number of likely N-dealkylation sites (tertiary alicyclic amines) is 1. The smallest absolute Gasteiger partial charge is 0.277 e. The number of amides is 1. The molecule has 1 amide bonds. The number of carbonyl (C=O) groups is 1. The first-order chi connectivity index (χ1) is 13.2. The highest BCUT2D eigenvalue weighted by atomic mass is 16.5. The number of aromatic nitrogens is 3. The van der Waals surface area contributed by atoms with Crippen molar-refractivity contribution >= 4 is 16.8 Å². The summed E-state index contributed by atoms with van der Waals surface area (Å²) in [6.07, 6.45) is 5.55. The molecule has 1 aromatic heterocycles. The summed E-state index contributed by atoms with van der Waals surface area (Å²) in [6, 6.07) is 7.28. The lowest BCUT2D eigenvalue weighted by atomic mass is 9.85. The summed E-state index contributed by atoms with van der Waals surface area (Å²) in [5.74, 6) is 0.315. The minimum atomic E-state index is -0.0967. The highest BCUT2D eigenvalue weighted by Gasteiger charge is 2.33. The molecule has 1 saturated carbocycles. The van der Waals surface area contributed by atoms with Crippen LogP contribution in [0.25, 0.3) is 10.9 Å². The quantitative estimate of drug-likeness (QED) is 0.827. The van der Waals surface area contributed by atoms with E-state index in [2.05, 4.69) is 10.3 Å². The molecule has 2 heterocycles. The Balaban J connectivity index is 1.42. The Kier molecular flexibility index (Phi) is 5.20. The van der Waals surface area contributed by atoms with Crippen LogP contribution in [-0.2, 0) is 9.53 Å². The van der Waals surface area contributed by atoms with Crippen LogP contribution in [0.1, 0.15) is 44.6 Å². The van der Waals surface area contributed by atoms with Crippen molar-refractivity contribution in [2.45, 2.75) is 50.7 Å². The Hall–Kier alpha value is -2.28. The Bertz CT molecular complexity index is 873. The van der Waals surface area contributed by atoms with E-state index < -0.39 is 0 Å². The predicted molar refractivity (Wildman–Crippen MR) is 101 cm³/mol. The molecule has 2 fully saturated rings. The first kappa shape index (κ1) is 18.1. The number of hydrogen-bond acceptors (Lipinski definition) is 5. The summed E-state index contributed by atoms with van der Waals surface area (Å²) in [5, 5.41) is 8.92. The molecule has 0 bridgehead atoms. The first-order valence-corrected chi connectivity index (χ1v) is 9.83. The second-order valence-electron chi connectivity index (χ2n) is 7.63.